The van der Waals surface area contributed by atoms with Crippen molar-refractivity contribution in [2.45, 2.75) is 62.2 Å². The molecule has 5 heteroatoms. The van der Waals surface area contributed by atoms with Gasteiger partial charge in [0.05, 0.1) is 13.0 Å². The Bertz CT molecular complexity index is 899. The lowest BCUT2D eigenvalue weighted by molar-refractivity contribution is -0.270. The molecule has 4 aliphatic carbocycles. The van der Waals surface area contributed by atoms with Crippen LogP contribution in [-0.2, 0) is 21.4 Å². The third kappa shape index (κ3) is 1.53. The van der Waals surface area contributed by atoms with Gasteiger partial charge in [-0.1, -0.05) is 6.07 Å². The molecule has 2 heterocycles. The highest BCUT2D eigenvalue weighted by atomic mass is 16.6. The predicted molar refractivity (Wildman–Crippen MR) is 104 cm³/mol. The van der Waals surface area contributed by atoms with E-state index in [9.17, 15) is 4.79 Å². The van der Waals surface area contributed by atoms with Gasteiger partial charge in [-0.3, -0.25) is 4.79 Å². The summed E-state index contributed by atoms with van der Waals surface area (Å²) in [5.74, 6) is 1.89. The molecular weight excluding hydrogens is 354 g/mol. The standard InChI is InChI=1S/C23H29NO4/c1-13(25)15-12-21-7-8-23(15,27-4)20-22(21)9-10-24(2)17(21)11-14-5-6-16(26-3)19(28-20)18(14)22/h5-6,15,17,20H,7-12H2,1-4H3/t15-,17-,20-,21-,22+,23-/m1/s1. The van der Waals surface area contributed by atoms with Gasteiger partial charge in [-0.25, -0.2) is 0 Å². The molecule has 150 valence electrons. The summed E-state index contributed by atoms with van der Waals surface area (Å²) in [6.45, 7) is 2.80. The second-order valence-corrected chi connectivity index (χ2v) is 9.73. The molecule has 0 aromatic heterocycles. The average molecular weight is 383 g/mol. The van der Waals surface area contributed by atoms with Gasteiger partial charge in [-0.05, 0) is 64.3 Å². The lowest BCUT2D eigenvalue weighted by Crippen LogP contribution is -2.81. The molecule has 0 unspecified atom stereocenters. The second kappa shape index (κ2) is 5.11. The Labute approximate surface area is 166 Å². The summed E-state index contributed by atoms with van der Waals surface area (Å²) in [7, 11) is 5.77. The van der Waals surface area contributed by atoms with Crippen LogP contribution in [0.4, 0.5) is 0 Å². The van der Waals surface area contributed by atoms with Crippen molar-refractivity contribution in [1.82, 2.24) is 4.90 Å². The lowest BCUT2D eigenvalue weighted by atomic mass is 9.34. The molecule has 4 fully saturated rings. The van der Waals surface area contributed by atoms with Crippen molar-refractivity contribution in [2.75, 3.05) is 27.8 Å². The number of carbonyl (C=O) groups is 1. The molecule has 28 heavy (non-hydrogen) atoms. The number of hydrogen-bond acceptors (Lipinski definition) is 5. The van der Waals surface area contributed by atoms with Crippen molar-refractivity contribution >= 4 is 5.78 Å². The maximum Gasteiger partial charge on any atom is 0.165 e. The first-order chi connectivity index (χ1) is 13.4. The van der Waals surface area contributed by atoms with E-state index in [4.69, 9.17) is 14.2 Å². The quantitative estimate of drug-likeness (QED) is 0.803. The third-order valence-electron chi connectivity index (χ3n) is 9.32. The SMILES string of the molecule is COc1ccc2c3c1O[C@H]1[C@@]4(OC)CC[C@@]5(C[C@@H]4C(C)=O)[C@@H](C2)N(C)CC[C@]315. The highest BCUT2D eigenvalue weighted by molar-refractivity contribution is 5.81. The van der Waals surface area contributed by atoms with Crippen molar-refractivity contribution in [3.8, 4) is 11.5 Å². The first kappa shape index (κ1) is 17.3. The molecule has 7 rings (SSSR count). The fourth-order valence-corrected chi connectivity index (χ4v) is 8.30. The maximum absolute atomic E-state index is 12.8. The molecule has 2 aliphatic heterocycles. The molecule has 2 spiro atoms. The van der Waals surface area contributed by atoms with Gasteiger partial charge >= 0.3 is 0 Å². The van der Waals surface area contributed by atoms with Gasteiger partial charge in [0, 0.05) is 29.5 Å². The summed E-state index contributed by atoms with van der Waals surface area (Å²) >= 11 is 0. The number of piperidine rings is 1. The van der Waals surface area contributed by atoms with E-state index in [1.165, 1.54) is 11.1 Å². The summed E-state index contributed by atoms with van der Waals surface area (Å²) in [6, 6.07) is 4.75. The summed E-state index contributed by atoms with van der Waals surface area (Å²) in [5, 5.41) is 0. The molecule has 6 aliphatic rings. The van der Waals surface area contributed by atoms with Crippen LogP contribution >= 0.6 is 0 Å². The normalized spacial score (nSPS) is 44.8. The topological polar surface area (TPSA) is 48.0 Å². The molecular formula is C23H29NO4. The van der Waals surface area contributed by atoms with Gasteiger partial charge in [0.1, 0.15) is 17.5 Å². The van der Waals surface area contributed by atoms with Gasteiger partial charge in [0.25, 0.3) is 0 Å². The number of methoxy groups -OCH3 is 2. The molecule has 6 atom stereocenters. The van der Waals surface area contributed by atoms with Crippen LogP contribution in [0.5, 0.6) is 11.5 Å². The van der Waals surface area contributed by atoms with E-state index in [0.717, 1.165) is 50.1 Å². The Morgan fingerprint density at radius 1 is 1.25 bits per heavy atom. The molecule has 1 aromatic carbocycles. The van der Waals surface area contributed by atoms with Crippen molar-refractivity contribution in [3.05, 3.63) is 23.3 Å². The zero-order chi connectivity index (χ0) is 19.5. The van der Waals surface area contributed by atoms with Crippen LogP contribution in [0, 0.1) is 11.3 Å². The van der Waals surface area contributed by atoms with Crippen molar-refractivity contribution in [3.63, 3.8) is 0 Å². The Balaban J connectivity index is 1.69. The van der Waals surface area contributed by atoms with E-state index in [-0.39, 0.29) is 28.6 Å². The van der Waals surface area contributed by atoms with Crippen LogP contribution in [0.15, 0.2) is 12.1 Å². The molecule has 0 N–H and O–H groups in total. The number of ether oxygens (including phenoxy) is 3. The van der Waals surface area contributed by atoms with Gasteiger partial charge in [-0.2, -0.15) is 0 Å². The number of fused-ring (bicyclic) bond motifs is 2. The molecule has 5 nitrogen and oxygen atoms in total. The number of carbonyl (C=O) groups excluding carboxylic acids is 1. The number of nitrogens with zero attached hydrogens (tertiary/aromatic N) is 1. The average Bonchev–Trinajstić information content (AvgIpc) is 3.07. The molecule has 3 saturated carbocycles. The number of rotatable bonds is 3. The van der Waals surface area contributed by atoms with Crippen LogP contribution in [-0.4, -0.2) is 56.2 Å². The first-order valence-corrected chi connectivity index (χ1v) is 10.6. The Morgan fingerprint density at radius 2 is 2.07 bits per heavy atom. The lowest BCUT2D eigenvalue weighted by Gasteiger charge is -2.73. The molecule has 0 radical (unpaired) electrons. The van der Waals surface area contributed by atoms with E-state index >= 15 is 0 Å². The van der Waals surface area contributed by atoms with E-state index < -0.39 is 5.60 Å². The minimum atomic E-state index is -0.535. The minimum Gasteiger partial charge on any atom is -0.493 e. The second-order valence-electron chi connectivity index (χ2n) is 9.73. The van der Waals surface area contributed by atoms with Crippen LogP contribution in [0.2, 0.25) is 0 Å². The summed E-state index contributed by atoms with van der Waals surface area (Å²) in [5.41, 5.74) is 2.25. The molecule has 4 bridgehead atoms. The summed E-state index contributed by atoms with van der Waals surface area (Å²) in [6.07, 6.45) is 4.91. The Morgan fingerprint density at radius 3 is 2.79 bits per heavy atom. The summed E-state index contributed by atoms with van der Waals surface area (Å²) in [4.78, 5) is 15.4. The molecule has 0 amide bonds. The third-order valence-corrected chi connectivity index (χ3v) is 9.32. The number of hydrogen-bond donors (Lipinski definition) is 0. The van der Waals surface area contributed by atoms with Gasteiger partial charge < -0.3 is 19.1 Å². The van der Waals surface area contributed by atoms with Gasteiger partial charge in [0.15, 0.2) is 11.5 Å². The number of likely N-dealkylation sites (tertiary alicyclic amines) is 1. The highest BCUT2D eigenvalue weighted by Gasteiger charge is 2.80. The van der Waals surface area contributed by atoms with Crippen LogP contribution in [0.3, 0.4) is 0 Å². The van der Waals surface area contributed by atoms with Crippen LogP contribution < -0.4 is 9.47 Å². The number of ketones is 1. The monoisotopic (exact) mass is 383 g/mol. The molecule has 1 aromatic rings. The minimum absolute atomic E-state index is 0.0676. The molecule has 1 saturated heterocycles. The van der Waals surface area contributed by atoms with Gasteiger partial charge in [0.2, 0.25) is 0 Å². The highest BCUT2D eigenvalue weighted by Crippen LogP contribution is 2.76. The number of likely N-dealkylation sites (N-methyl/N-ethyl adjacent to an activating group) is 1. The predicted octanol–water partition coefficient (Wildman–Crippen LogP) is 2.73. The van der Waals surface area contributed by atoms with Crippen molar-refractivity contribution in [1.29, 1.82) is 0 Å². The fourth-order valence-electron chi connectivity index (χ4n) is 8.30. The number of Topliss-reactive ketones (excluding diaryl/α,β-unsaturated/α-hetero) is 1. The maximum atomic E-state index is 12.8. The first-order valence-electron chi connectivity index (χ1n) is 10.6. The zero-order valence-electron chi connectivity index (χ0n) is 17.2. The summed E-state index contributed by atoms with van der Waals surface area (Å²) < 4.78 is 18.8. The largest absolute Gasteiger partial charge is 0.493 e. The van der Waals surface area contributed by atoms with E-state index in [0.29, 0.717) is 6.04 Å². The Hall–Kier alpha value is -1.59. The van der Waals surface area contributed by atoms with E-state index in [2.05, 4.69) is 24.1 Å². The zero-order valence-corrected chi connectivity index (χ0v) is 17.2. The Kier molecular flexibility index (Phi) is 3.16. The fraction of sp³-hybridized carbons (Fsp3) is 0.696. The van der Waals surface area contributed by atoms with Gasteiger partial charge in [-0.15, -0.1) is 0 Å². The van der Waals surface area contributed by atoms with Crippen molar-refractivity contribution in [2.24, 2.45) is 11.3 Å². The van der Waals surface area contributed by atoms with E-state index in [1.807, 2.05) is 0 Å². The van der Waals surface area contributed by atoms with Crippen LogP contribution in [0.1, 0.15) is 43.7 Å². The van der Waals surface area contributed by atoms with E-state index in [1.54, 1.807) is 21.1 Å². The number of benzene rings is 1. The van der Waals surface area contributed by atoms with Crippen LogP contribution in [0.25, 0.3) is 0 Å². The smallest absolute Gasteiger partial charge is 0.165 e. The van der Waals surface area contributed by atoms with Crippen molar-refractivity contribution < 1.29 is 19.0 Å².